The van der Waals surface area contributed by atoms with Gasteiger partial charge in [0.15, 0.2) is 5.96 Å². The fourth-order valence-corrected chi connectivity index (χ4v) is 2.76. The Labute approximate surface area is 130 Å². The number of nitrogens with two attached hydrogens (primary N) is 2. The molecule has 4 nitrogen and oxygen atoms in total. The van der Waals surface area contributed by atoms with Gasteiger partial charge in [-0.25, -0.2) is 4.99 Å². The number of fused-ring (bicyclic) bond motifs is 1. The zero-order valence-corrected chi connectivity index (χ0v) is 12.5. The number of aliphatic imine (C=N–C) groups is 1. The van der Waals surface area contributed by atoms with Gasteiger partial charge in [0.05, 0.1) is 5.69 Å². The van der Waals surface area contributed by atoms with Crippen molar-refractivity contribution in [2.75, 3.05) is 13.1 Å². The second-order valence-electron chi connectivity index (χ2n) is 5.32. The lowest BCUT2D eigenvalue weighted by atomic mass is 9.97. The molecule has 0 aromatic heterocycles. The summed E-state index contributed by atoms with van der Waals surface area (Å²) in [6.45, 7) is 5.90. The quantitative estimate of drug-likeness (QED) is 0.910. The molecule has 0 radical (unpaired) electrons. The molecule has 0 amide bonds. The van der Waals surface area contributed by atoms with E-state index in [-0.39, 0.29) is 0 Å². The van der Waals surface area contributed by atoms with E-state index in [0.717, 1.165) is 23.4 Å². The highest BCUT2D eigenvalue weighted by Crippen LogP contribution is 2.32. The van der Waals surface area contributed by atoms with Crippen molar-refractivity contribution in [3.63, 3.8) is 0 Å². The molecule has 0 fully saturated rings. The van der Waals surface area contributed by atoms with Crippen molar-refractivity contribution in [2.45, 2.75) is 6.54 Å². The van der Waals surface area contributed by atoms with Gasteiger partial charge in [0.1, 0.15) is 0 Å². The van der Waals surface area contributed by atoms with E-state index in [2.05, 4.69) is 35.8 Å². The Morgan fingerprint density at radius 1 is 1.23 bits per heavy atom. The summed E-state index contributed by atoms with van der Waals surface area (Å²) in [7, 11) is 0. The number of nitrogens with zero attached hydrogens (tertiary/aromatic N) is 2. The smallest absolute Gasteiger partial charge is 0.196 e. The van der Waals surface area contributed by atoms with Crippen LogP contribution in [0.5, 0.6) is 0 Å². The summed E-state index contributed by atoms with van der Waals surface area (Å²) in [5, 5.41) is 0. The Hall–Kier alpha value is -2.59. The molecular weight excluding hydrogens is 272 g/mol. The number of rotatable bonds is 4. The number of benzene rings is 2. The molecular formula is C18H20N4. The van der Waals surface area contributed by atoms with Crippen LogP contribution in [0, 0.1) is 0 Å². The van der Waals surface area contributed by atoms with Crippen LogP contribution in [0.3, 0.4) is 0 Å². The fraction of sp³-hybridized carbons (Fsp3) is 0.167. The Balaban J connectivity index is 2.02. The van der Waals surface area contributed by atoms with Gasteiger partial charge < -0.3 is 16.4 Å². The number of guanidine groups is 1. The summed E-state index contributed by atoms with van der Waals surface area (Å²) in [5.41, 5.74) is 17.2. The number of hydrogen-bond donors (Lipinski definition) is 2. The molecule has 2 aromatic carbocycles. The Morgan fingerprint density at radius 3 is 2.82 bits per heavy atom. The SMILES string of the molecule is C=Cc1ccccc1-c1ccc2c(c1)CN(CCN)C(N)=N2. The van der Waals surface area contributed by atoms with Gasteiger partial charge >= 0.3 is 0 Å². The largest absolute Gasteiger partial charge is 0.369 e. The van der Waals surface area contributed by atoms with Crippen LogP contribution in [0.2, 0.25) is 0 Å². The van der Waals surface area contributed by atoms with Crippen molar-refractivity contribution >= 4 is 17.7 Å². The molecule has 0 spiro atoms. The first-order valence-electron chi connectivity index (χ1n) is 7.37. The van der Waals surface area contributed by atoms with Crippen molar-refractivity contribution in [3.05, 3.63) is 60.2 Å². The normalized spacial score (nSPS) is 13.5. The second-order valence-corrected chi connectivity index (χ2v) is 5.32. The van der Waals surface area contributed by atoms with E-state index in [0.29, 0.717) is 19.0 Å². The summed E-state index contributed by atoms with van der Waals surface area (Å²) in [6.07, 6.45) is 1.88. The minimum Gasteiger partial charge on any atom is -0.369 e. The molecule has 0 unspecified atom stereocenters. The van der Waals surface area contributed by atoms with E-state index in [1.807, 2.05) is 29.2 Å². The van der Waals surface area contributed by atoms with Gasteiger partial charge in [-0.15, -0.1) is 0 Å². The Morgan fingerprint density at radius 2 is 2.05 bits per heavy atom. The van der Waals surface area contributed by atoms with Crippen LogP contribution in [0.25, 0.3) is 17.2 Å². The van der Waals surface area contributed by atoms with Gasteiger partial charge in [-0.2, -0.15) is 0 Å². The summed E-state index contributed by atoms with van der Waals surface area (Å²) >= 11 is 0. The van der Waals surface area contributed by atoms with E-state index in [1.54, 1.807) is 0 Å². The molecule has 1 aliphatic heterocycles. The van der Waals surface area contributed by atoms with Gasteiger partial charge in [0.25, 0.3) is 0 Å². The Kier molecular flexibility index (Phi) is 3.94. The molecule has 0 saturated heterocycles. The molecule has 3 rings (SSSR count). The first kappa shape index (κ1) is 14.4. The first-order chi connectivity index (χ1) is 10.7. The molecule has 22 heavy (non-hydrogen) atoms. The maximum atomic E-state index is 5.98. The molecule has 1 heterocycles. The molecule has 2 aromatic rings. The summed E-state index contributed by atoms with van der Waals surface area (Å²) < 4.78 is 0. The predicted octanol–water partition coefficient (Wildman–Crippen LogP) is 2.72. The second kappa shape index (κ2) is 6.03. The van der Waals surface area contributed by atoms with Crippen molar-refractivity contribution in [2.24, 2.45) is 16.5 Å². The molecule has 0 atom stereocenters. The highest BCUT2D eigenvalue weighted by Gasteiger charge is 2.17. The minimum atomic E-state index is 0.539. The monoisotopic (exact) mass is 292 g/mol. The van der Waals surface area contributed by atoms with Crippen molar-refractivity contribution in [3.8, 4) is 11.1 Å². The van der Waals surface area contributed by atoms with E-state index in [4.69, 9.17) is 11.5 Å². The first-order valence-corrected chi connectivity index (χ1v) is 7.37. The van der Waals surface area contributed by atoms with Gasteiger partial charge in [-0.05, 0) is 34.4 Å². The maximum Gasteiger partial charge on any atom is 0.196 e. The molecule has 0 aliphatic carbocycles. The van der Waals surface area contributed by atoms with Gasteiger partial charge in [0, 0.05) is 19.6 Å². The molecule has 4 heteroatoms. The van der Waals surface area contributed by atoms with Crippen LogP contribution < -0.4 is 11.5 Å². The van der Waals surface area contributed by atoms with E-state index >= 15 is 0 Å². The lowest BCUT2D eigenvalue weighted by Gasteiger charge is -2.28. The highest BCUT2D eigenvalue weighted by molar-refractivity contribution is 5.85. The zero-order chi connectivity index (χ0) is 15.5. The Bertz CT molecular complexity index is 734. The molecule has 112 valence electrons. The molecule has 0 bridgehead atoms. The lowest BCUT2D eigenvalue weighted by molar-refractivity contribution is 0.412. The van der Waals surface area contributed by atoms with Crippen molar-refractivity contribution < 1.29 is 0 Å². The van der Waals surface area contributed by atoms with Crippen molar-refractivity contribution in [1.29, 1.82) is 0 Å². The lowest BCUT2D eigenvalue weighted by Crippen LogP contribution is -2.41. The third kappa shape index (κ3) is 2.61. The molecule has 4 N–H and O–H groups in total. The summed E-state index contributed by atoms with van der Waals surface area (Å²) in [4.78, 5) is 6.47. The highest BCUT2D eigenvalue weighted by atomic mass is 15.3. The van der Waals surface area contributed by atoms with Gasteiger partial charge in [-0.1, -0.05) is 43.0 Å². The van der Waals surface area contributed by atoms with Crippen LogP contribution >= 0.6 is 0 Å². The molecule has 1 aliphatic rings. The fourth-order valence-electron chi connectivity index (χ4n) is 2.76. The van der Waals surface area contributed by atoms with Crippen LogP contribution in [-0.2, 0) is 6.54 Å². The third-order valence-electron chi connectivity index (χ3n) is 3.89. The van der Waals surface area contributed by atoms with Crippen molar-refractivity contribution in [1.82, 2.24) is 4.90 Å². The molecule has 0 saturated carbocycles. The standard InChI is InChI=1S/C18H20N4/c1-2-13-5-3-4-6-16(13)14-7-8-17-15(11-14)12-22(10-9-19)18(20)21-17/h2-8,11H,1,9-10,12,19H2,(H2,20,21). The van der Waals surface area contributed by atoms with Gasteiger partial charge in [0.2, 0.25) is 0 Å². The third-order valence-corrected chi connectivity index (χ3v) is 3.89. The van der Waals surface area contributed by atoms with Crippen LogP contribution in [0.15, 0.2) is 54.0 Å². The van der Waals surface area contributed by atoms with Crippen LogP contribution in [-0.4, -0.2) is 23.9 Å². The summed E-state index contributed by atoms with van der Waals surface area (Å²) in [6, 6.07) is 14.5. The van der Waals surface area contributed by atoms with E-state index in [9.17, 15) is 0 Å². The van der Waals surface area contributed by atoms with E-state index in [1.165, 1.54) is 11.1 Å². The van der Waals surface area contributed by atoms with E-state index < -0.39 is 0 Å². The van der Waals surface area contributed by atoms with Crippen LogP contribution in [0.1, 0.15) is 11.1 Å². The zero-order valence-electron chi connectivity index (χ0n) is 12.5. The average molecular weight is 292 g/mol. The summed E-state index contributed by atoms with van der Waals surface area (Å²) in [5.74, 6) is 0.539. The number of hydrogen-bond acceptors (Lipinski definition) is 4. The van der Waals surface area contributed by atoms with Crippen LogP contribution in [0.4, 0.5) is 5.69 Å². The predicted molar refractivity (Wildman–Crippen MR) is 92.7 cm³/mol. The minimum absolute atomic E-state index is 0.539. The topological polar surface area (TPSA) is 67.6 Å². The maximum absolute atomic E-state index is 5.98. The van der Waals surface area contributed by atoms with Gasteiger partial charge in [-0.3, -0.25) is 0 Å². The average Bonchev–Trinajstić information content (AvgIpc) is 2.55.